The third-order valence-corrected chi connectivity index (χ3v) is 5.76. The van der Waals surface area contributed by atoms with Crippen LogP contribution in [0.5, 0.6) is 11.5 Å². The van der Waals surface area contributed by atoms with Gasteiger partial charge < -0.3 is 14.8 Å². The molecule has 0 fully saturated rings. The van der Waals surface area contributed by atoms with Crippen molar-refractivity contribution < 1.29 is 9.47 Å². The van der Waals surface area contributed by atoms with Gasteiger partial charge in [-0.15, -0.1) is 0 Å². The minimum atomic E-state index is 0.395. The normalized spacial score (nSPS) is 11.0. The van der Waals surface area contributed by atoms with Gasteiger partial charge in [0.1, 0.15) is 24.7 Å². The van der Waals surface area contributed by atoms with Gasteiger partial charge in [-0.2, -0.15) is 5.10 Å². The first-order valence-electron chi connectivity index (χ1n) is 11.2. The van der Waals surface area contributed by atoms with Crippen LogP contribution >= 0.6 is 28.1 Å². The molecule has 5 nitrogen and oxygen atoms in total. The van der Waals surface area contributed by atoms with E-state index in [0.717, 1.165) is 21.3 Å². The Labute approximate surface area is 215 Å². The van der Waals surface area contributed by atoms with Crippen LogP contribution in [0, 0.1) is 6.92 Å². The molecule has 0 aliphatic rings. The second kappa shape index (κ2) is 13.1. The van der Waals surface area contributed by atoms with Crippen molar-refractivity contribution in [1.82, 2.24) is 10.7 Å². The number of hydrazone groups is 1. The minimum Gasteiger partial charge on any atom is -0.490 e. The molecule has 0 heterocycles. The predicted octanol–water partition coefficient (Wildman–Crippen LogP) is 6.34. The highest BCUT2D eigenvalue weighted by molar-refractivity contribution is 9.10. The average molecular weight is 541 g/mol. The second-order valence-electron chi connectivity index (χ2n) is 8.11. The molecule has 0 atom stereocenters. The molecule has 3 aromatic carbocycles. The molecule has 7 heteroatoms. The smallest absolute Gasteiger partial charge is 0.187 e. The van der Waals surface area contributed by atoms with Crippen LogP contribution in [0.25, 0.3) is 0 Å². The molecule has 0 aromatic heterocycles. The van der Waals surface area contributed by atoms with Crippen molar-refractivity contribution in [2.45, 2.75) is 33.2 Å². The first-order valence-corrected chi connectivity index (χ1v) is 12.4. The molecular formula is C27H30BrN3O2S. The number of benzene rings is 3. The highest BCUT2D eigenvalue weighted by Gasteiger charge is 2.09. The van der Waals surface area contributed by atoms with E-state index in [9.17, 15) is 0 Å². The summed E-state index contributed by atoms with van der Waals surface area (Å²) in [6.07, 6.45) is 1.69. The molecule has 0 bridgehead atoms. The molecule has 178 valence electrons. The number of thiocarbonyl (C=S) groups is 1. The van der Waals surface area contributed by atoms with Gasteiger partial charge in [0.15, 0.2) is 5.11 Å². The van der Waals surface area contributed by atoms with E-state index in [1.54, 1.807) is 6.21 Å². The Bertz CT molecular complexity index is 1120. The van der Waals surface area contributed by atoms with Crippen molar-refractivity contribution in [3.63, 3.8) is 0 Å². The Kier molecular flexibility index (Phi) is 9.91. The van der Waals surface area contributed by atoms with E-state index in [-0.39, 0.29) is 0 Å². The van der Waals surface area contributed by atoms with Crippen LogP contribution in [-0.2, 0) is 6.54 Å². The van der Waals surface area contributed by atoms with Crippen LogP contribution in [0.2, 0.25) is 0 Å². The quantitative estimate of drug-likeness (QED) is 0.136. The van der Waals surface area contributed by atoms with Crippen molar-refractivity contribution in [3.05, 3.63) is 93.5 Å². The van der Waals surface area contributed by atoms with Crippen molar-refractivity contribution in [2.24, 2.45) is 5.10 Å². The van der Waals surface area contributed by atoms with E-state index in [1.165, 1.54) is 11.1 Å². The first kappa shape index (κ1) is 25.7. The number of hydrogen-bond donors (Lipinski definition) is 2. The van der Waals surface area contributed by atoms with E-state index >= 15 is 0 Å². The zero-order valence-corrected chi connectivity index (χ0v) is 22.1. The van der Waals surface area contributed by atoms with Gasteiger partial charge in [0.05, 0.1) is 6.21 Å². The molecule has 0 spiro atoms. The average Bonchev–Trinajstić information content (AvgIpc) is 2.82. The Morgan fingerprint density at radius 3 is 2.47 bits per heavy atom. The molecule has 0 aliphatic heterocycles. The predicted molar refractivity (Wildman–Crippen MR) is 147 cm³/mol. The SMILES string of the molecule is Cc1ccc(C(C)C)c(OCCOc2ccc(Br)cc2/C=N\NC(=S)NCc2ccccc2)c1. The van der Waals surface area contributed by atoms with Gasteiger partial charge >= 0.3 is 0 Å². The van der Waals surface area contributed by atoms with Crippen LogP contribution in [0.3, 0.4) is 0 Å². The van der Waals surface area contributed by atoms with Gasteiger partial charge in [-0.05, 0) is 66.0 Å². The van der Waals surface area contributed by atoms with Gasteiger partial charge in [-0.25, -0.2) is 0 Å². The summed E-state index contributed by atoms with van der Waals surface area (Å²) in [5, 5.41) is 7.84. The number of nitrogens with one attached hydrogen (secondary N) is 2. The summed E-state index contributed by atoms with van der Waals surface area (Å²) in [4.78, 5) is 0. The first-order chi connectivity index (χ1) is 16.4. The molecule has 0 aliphatic carbocycles. The third kappa shape index (κ3) is 8.15. The summed E-state index contributed by atoms with van der Waals surface area (Å²) in [7, 11) is 0. The lowest BCUT2D eigenvalue weighted by Gasteiger charge is -2.15. The van der Waals surface area contributed by atoms with Crippen LogP contribution in [0.4, 0.5) is 0 Å². The van der Waals surface area contributed by atoms with E-state index in [4.69, 9.17) is 21.7 Å². The zero-order valence-electron chi connectivity index (χ0n) is 19.7. The molecule has 0 amide bonds. The van der Waals surface area contributed by atoms with Crippen molar-refractivity contribution in [3.8, 4) is 11.5 Å². The largest absolute Gasteiger partial charge is 0.490 e. The molecule has 3 aromatic rings. The maximum Gasteiger partial charge on any atom is 0.187 e. The fourth-order valence-corrected chi connectivity index (χ4v) is 3.78. The summed E-state index contributed by atoms with van der Waals surface area (Å²) >= 11 is 8.81. The summed E-state index contributed by atoms with van der Waals surface area (Å²) in [5.74, 6) is 2.03. The van der Waals surface area contributed by atoms with Crippen molar-refractivity contribution in [1.29, 1.82) is 0 Å². The van der Waals surface area contributed by atoms with Gasteiger partial charge in [-0.3, -0.25) is 5.43 Å². The van der Waals surface area contributed by atoms with Gasteiger partial charge in [0, 0.05) is 16.6 Å². The summed E-state index contributed by atoms with van der Waals surface area (Å²) < 4.78 is 13.0. The fourth-order valence-electron chi connectivity index (χ4n) is 3.28. The van der Waals surface area contributed by atoms with Crippen LogP contribution < -0.4 is 20.2 Å². The van der Waals surface area contributed by atoms with Crippen LogP contribution in [0.15, 0.2) is 76.3 Å². The molecule has 34 heavy (non-hydrogen) atoms. The lowest BCUT2D eigenvalue weighted by Crippen LogP contribution is -2.31. The molecular weight excluding hydrogens is 510 g/mol. The molecule has 0 unspecified atom stereocenters. The van der Waals surface area contributed by atoms with E-state index in [2.05, 4.69) is 70.7 Å². The van der Waals surface area contributed by atoms with Gasteiger partial charge in [-0.1, -0.05) is 72.2 Å². The van der Waals surface area contributed by atoms with Crippen molar-refractivity contribution in [2.75, 3.05) is 13.2 Å². The number of aryl methyl sites for hydroxylation is 1. The number of rotatable bonds is 10. The number of hydrogen-bond acceptors (Lipinski definition) is 4. The highest BCUT2D eigenvalue weighted by Crippen LogP contribution is 2.27. The Balaban J connectivity index is 1.52. The van der Waals surface area contributed by atoms with Gasteiger partial charge in [0.2, 0.25) is 0 Å². The molecule has 0 saturated heterocycles. The van der Waals surface area contributed by atoms with E-state index in [0.29, 0.717) is 36.5 Å². The molecule has 0 radical (unpaired) electrons. The van der Waals surface area contributed by atoms with Gasteiger partial charge in [0.25, 0.3) is 0 Å². The topological polar surface area (TPSA) is 54.9 Å². The molecule has 0 saturated carbocycles. The monoisotopic (exact) mass is 539 g/mol. The van der Waals surface area contributed by atoms with Crippen molar-refractivity contribution >= 4 is 39.5 Å². The lowest BCUT2D eigenvalue weighted by atomic mass is 10.0. The Morgan fingerprint density at radius 2 is 1.74 bits per heavy atom. The fraction of sp³-hybridized carbons (Fsp3) is 0.259. The Morgan fingerprint density at radius 1 is 1.00 bits per heavy atom. The zero-order chi connectivity index (χ0) is 24.3. The summed E-state index contributed by atoms with van der Waals surface area (Å²) in [5.41, 5.74) is 7.20. The number of halogens is 1. The Hall–Kier alpha value is -2.90. The highest BCUT2D eigenvalue weighted by atomic mass is 79.9. The van der Waals surface area contributed by atoms with Crippen LogP contribution in [-0.4, -0.2) is 24.5 Å². The molecule has 2 N–H and O–H groups in total. The number of nitrogens with zero attached hydrogens (tertiary/aromatic N) is 1. The minimum absolute atomic E-state index is 0.395. The second-order valence-corrected chi connectivity index (χ2v) is 9.44. The van der Waals surface area contributed by atoms with Crippen LogP contribution in [0.1, 0.15) is 42.0 Å². The third-order valence-electron chi connectivity index (χ3n) is 5.03. The standard InChI is InChI=1S/C27H30BrN3O2S/c1-19(2)24-11-9-20(3)15-26(24)33-14-13-32-25-12-10-23(28)16-22(25)18-30-31-27(34)29-17-21-7-5-4-6-8-21/h4-12,15-16,18-19H,13-14,17H2,1-3H3,(H2,29,31,34)/b30-18-. The lowest BCUT2D eigenvalue weighted by molar-refractivity contribution is 0.215. The summed E-state index contributed by atoms with van der Waals surface area (Å²) in [6.45, 7) is 7.89. The maximum atomic E-state index is 6.03. The van der Waals surface area contributed by atoms with E-state index < -0.39 is 0 Å². The number of ether oxygens (including phenoxy) is 2. The summed E-state index contributed by atoms with van der Waals surface area (Å²) in [6, 6.07) is 22.2. The maximum absolute atomic E-state index is 6.03. The van der Waals surface area contributed by atoms with E-state index in [1.807, 2.05) is 48.5 Å². The molecule has 3 rings (SSSR count).